The number of nitrogens with zero attached hydrogens (tertiary/aromatic N) is 2. The van der Waals surface area contributed by atoms with Gasteiger partial charge in [-0.25, -0.2) is 23.1 Å². The maximum absolute atomic E-state index is 11.6. The Hall–Kier alpha value is -1.41. The SMILES string of the molecule is CCNS(=O)(=O)CCNc1ncnc(NC)c1C(C)C. The maximum Gasteiger partial charge on any atom is 0.213 e. The Morgan fingerprint density at radius 1 is 1.25 bits per heavy atom. The third kappa shape index (κ3) is 4.61. The van der Waals surface area contributed by atoms with Crippen LogP contribution in [0.15, 0.2) is 6.33 Å². The summed E-state index contributed by atoms with van der Waals surface area (Å²) in [5, 5.41) is 6.10. The Bertz CT molecular complexity index is 531. The molecule has 1 heterocycles. The molecule has 7 nitrogen and oxygen atoms in total. The second kappa shape index (κ2) is 7.39. The van der Waals surface area contributed by atoms with Gasteiger partial charge in [-0.2, -0.15) is 0 Å². The van der Waals surface area contributed by atoms with Gasteiger partial charge in [0.25, 0.3) is 0 Å². The smallest absolute Gasteiger partial charge is 0.213 e. The van der Waals surface area contributed by atoms with Gasteiger partial charge in [0, 0.05) is 25.7 Å². The molecule has 0 unspecified atom stereocenters. The molecular formula is C12H23N5O2S. The van der Waals surface area contributed by atoms with E-state index in [0.29, 0.717) is 18.9 Å². The van der Waals surface area contributed by atoms with Crippen molar-refractivity contribution in [3.63, 3.8) is 0 Å². The molecule has 0 radical (unpaired) electrons. The molecule has 0 fully saturated rings. The van der Waals surface area contributed by atoms with E-state index in [1.807, 2.05) is 13.8 Å². The maximum atomic E-state index is 11.6. The predicted octanol–water partition coefficient (Wildman–Crippen LogP) is 0.993. The molecule has 0 saturated heterocycles. The summed E-state index contributed by atoms with van der Waals surface area (Å²) in [5.74, 6) is 1.67. The normalized spacial score (nSPS) is 11.7. The topological polar surface area (TPSA) is 96.0 Å². The molecule has 0 aliphatic heterocycles. The summed E-state index contributed by atoms with van der Waals surface area (Å²) in [4.78, 5) is 8.37. The van der Waals surface area contributed by atoms with Gasteiger partial charge in [0.2, 0.25) is 10.0 Å². The second-order valence-corrected chi connectivity index (χ2v) is 6.56. The minimum absolute atomic E-state index is 0.0112. The average molecular weight is 301 g/mol. The van der Waals surface area contributed by atoms with Crippen LogP contribution in [0.4, 0.5) is 11.6 Å². The van der Waals surface area contributed by atoms with Crippen molar-refractivity contribution in [3.05, 3.63) is 11.9 Å². The summed E-state index contributed by atoms with van der Waals surface area (Å²) in [6, 6.07) is 0. The largest absolute Gasteiger partial charge is 0.373 e. The van der Waals surface area contributed by atoms with Crippen molar-refractivity contribution in [2.24, 2.45) is 0 Å². The molecule has 0 aliphatic carbocycles. The van der Waals surface area contributed by atoms with Crippen molar-refractivity contribution in [3.8, 4) is 0 Å². The highest BCUT2D eigenvalue weighted by molar-refractivity contribution is 7.89. The van der Waals surface area contributed by atoms with Crippen LogP contribution < -0.4 is 15.4 Å². The number of hydrogen-bond acceptors (Lipinski definition) is 6. The van der Waals surface area contributed by atoms with E-state index in [1.165, 1.54) is 6.33 Å². The number of anilines is 2. The summed E-state index contributed by atoms with van der Waals surface area (Å²) >= 11 is 0. The first kappa shape index (κ1) is 16.6. The summed E-state index contributed by atoms with van der Waals surface area (Å²) < 4.78 is 25.6. The first-order valence-electron chi connectivity index (χ1n) is 6.65. The molecule has 0 atom stereocenters. The quantitative estimate of drug-likeness (QED) is 0.663. The minimum Gasteiger partial charge on any atom is -0.373 e. The molecule has 0 bridgehead atoms. The summed E-state index contributed by atoms with van der Waals surface area (Å²) in [6.07, 6.45) is 1.46. The van der Waals surface area contributed by atoms with E-state index in [9.17, 15) is 8.42 Å². The van der Waals surface area contributed by atoms with Crippen LogP contribution in [-0.4, -0.2) is 44.3 Å². The second-order valence-electron chi connectivity index (χ2n) is 4.63. The molecule has 0 spiro atoms. The zero-order valence-corrected chi connectivity index (χ0v) is 13.2. The average Bonchev–Trinajstić information content (AvgIpc) is 2.37. The van der Waals surface area contributed by atoms with E-state index in [1.54, 1.807) is 14.0 Å². The Morgan fingerprint density at radius 3 is 2.45 bits per heavy atom. The van der Waals surface area contributed by atoms with E-state index in [4.69, 9.17) is 0 Å². The molecule has 8 heteroatoms. The van der Waals surface area contributed by atoms with Crippen LogP contribution >= 0.6 is 0 Å². The van der Waals surface area contributed by atoms with E-state index in [0.717, 1.165) is 11.4 Å². The molecule has 3 N–H and O–H groups in total. The fourth-order valence-electron chi connectivity index (χ4n) is 1.88. The zero-order valence-electron chi connectivity index (χ0n) is 12.4. The molecule has 1 aromatic rings. The first-order chi connectivity index (χ1) is 9.41. The van der Waals surface area contributed by atoms with Crippen molar-refractivity contribution < 1.29 is 8.42 Å². The monoisotopic (exact) mass is 301 g/mol. The molecule has 114 valence electrons. The molecule has 0 saturated carbocycles. The lowest BCUT2D eigenvalue weighted by molar-refractivity contribution is 0.584. The Labute approximate surface area is 120 Å². The molecule has 20 heavy (non-hydrogen) atoms. The van der Waals surface area contributed by atoms with Crippen LogP contribution in [0, 0.1) is 0 Å². The lowest BCUT2D eigenvalue weighted by atomic mass is 10.0. The van der Waals surface area contributed by atoms with Crippen LogP contribution in [0.5, 0.6) is 0 Å². The van der Waals surface area contributed by atoms with Crippen LogP contribution in [0.3, 0.4) is 0 Å². The summed E-state index contributed by atoms with van der Waals surface area (Å²) in [6.45, 7) is 6.54. The number of rotatable bonds is 8. The molecule has 1 aromatic heterocycles. The van der Waals surface area contributed by atoms with Gasteiger partial charge in [-0.1, -0.05) is 20.8 Å². The highest BCUT2D eigenvalue weighted by atomic mass is 32.2. The zero-order chi connectivity index (χ0) is 15.2. The Kier molecular flexibility index (Phi) is 6.15. The van der Waals surface area contributed by atoms with Crippen molar-refractivity contribution in [2.75, 3.05) is 36.5 Å². The molecule has 1 rings (SSSR count). The lowest BCUT2D eigenvalue weighted by Gasteiger charge is -2.16. The van der Waals surface area contributed by atoms with Crippen molar-refractivity contribution in [1.29, 1.82) is 0 Å². The van der Waals surface area contributed by atoms with Gasteiger partial charge in [-0.05, 0) is 5.92 Å². The van der Waals surface area contributed by atoms with Gasteiger partial charge in [0.1, 0.15) is 18.0 Å². The van der Waals surface area contributed by atoms with Gasteiger partial charge >= 0.3 is 0 Å². The Balaban J connectivity index is 2.78. The highest BCUT2D eigenvalue weighted by Gasteiger charge is 2.15. The van der Waals surface area contributed by atoms with Crippen LogP contribution in [0.1, 0.15) is 32.3 Å². The number of hydrogen-bond donors (Lipinski definition) is 3. The minimum atomic E-state index is -3.22. The van der Waals surface area contributed by atoms with Crippen molar-refractivity contribution in [1.82, 2.24) is 14.7 Å². The predicted molar refractivity (Wildman–Crippen MR) is 81.6 cm³/mol. The van der Waals surface area contributed by atoms with E-state index in [-0.39, 0.29) is 11.7 Å². The fraction of sp³-hybridized carbons (Fsp3) is 0.667. The third-order valence-corrected chi connectivity index (χ3v) is 4.20. The van der Waals surface area contributed by atoms with Gasteiger partial charge in [0.05, 0.1) is 5.75 Å². The molecular weight excluding hydrogens is 278 g/mol. The van der Waals surface area contributed by atoms with Gasteiger partial charge in [-0.15, -0.1) is 0 Å². The van der Waals surface area contributed by atoms with E-state index >= 15 is 0 Å². The third-order valence-electron chi connectivity index (χ3n) is 2.73. The van der Waals surface area contributed by atoms with Gasteiger partial charge in [0.15, 0.2) is 0 Å². The number of sulfonamides is 1. The lowest BCUT2D eigenvalue weighted by Crippen LogP contribution is -2.29. The van der Waals surface area contributed by atoms with Crippen LogP contribution in [0.2, 0.25) is 0 Å². The van der Waals surface area contributed by atoms with Crippen molar-refractivity contribution in [2.45, 2.75) is 26.7 Å². The molecule has 0 aliphatic rings. The number of nitrogens with one attached hydrogen (secondary N) is 3. The van der Waals surface area contributed by atoms with Crippen LogP contribution in [-0.2, 0) is 10.0 Å². The first-order valence-corrected chi connectivity index (χ1v) is 8.30. The van der Waals surface area contributed by atoms with Gasteiger partial charge in [-0.3, -0.25) is 0 Å². The fourth-order valence-corrected chi connectivity index (χ4v) is 2.83. The van der Waals surface area contributed by atoms with E-state index in [2.05, 4.69) is 25.3 Å². The standard InChI is InChI=1S/C12H23N5O2S/c1-5-17-20(18,19)7-6-14-12-10(9(2)3)11(13-4)15-8-16-12/h8-9,17H,5-7H2,1-4H3,(H2,13,14,15,16). The molecule has 0 aromatic carbocycles. The van der Waals surface area contributed by atoms with Crippen molar-refractivity contribution >= 4 is 21.7 Å². The number of aromatic nitrogens is 2. The molecule has 0 amide bonds. The Morgan fingerprint density at radius 2 is 1.90 bits per heavy atom. The van der Waals surface area contributed by atoms with Gasteiger partial charge < -0.3 is 10.6 Å². The summed E-state index contributed by atoms with van der Waals surface area (Å²) in [5.41, 5.74) is 0.954. The highest BCUT2D eigenvalue weighted by Crippen LogP contribution is 2.27. The van der Waals surface area contributed by atoms with E-state index < -0.39 is 10.0 Å². The van der Waals surface area contributed by atoms with Crippen LogP contribution in [0.25, 0.3) is 0 Å². The summed E-state index contributed by atoms with van der Waals surface area (Å²) in [7, 11) is -1.42.